The molecule has 0 fully saturated rings. The number of fused-ring (bicyclic) bond motifs is 1. The second-order valence-electron chi connectivity index (χ2n) is 5.26. The summed E-state index contributed by atoms with van der Waals surface area (Å²) in [5.41, 5.74) is 1.71. The summed E-state index contributed by atoms with van der Waals surface area (Å²) < 4.78 is 10.6. The van der Waals surface area contributed by atoms with Crippen LogP contribution in [0, 0.1) is 6.92 Å². The van der Waals surface area contributed by atoms with Gasteiger partial charge in [0.05, 0.1) is 18.6 Å². The number of anilines is 2. The highest BCUT2D eigenvalue weighted by Crippen LogP contribution is 2.35. The smallest absolute Gasteiger partial charge is 0.348 e. The number of thiophene rings is 1. The van der Waals surface area contributed by atoms with Gasteiger partial charge in [0, 0.05) is 5.69 Å². The van der Waals surface area contributed by atoms with Crippen molar-refractivity contribution in [3.05, 3.63) is 41.0 Å². The van der Waals surface area contributed by atoms with Crippen LogP contribution in [-0.2, 0) is 4.74 Å². The molecule has 1 N–H and O–H groups in total. The molecule has 0 spiro atoms. The molecular formula is C18H19N3O3S. The second-order valence-corrected chi connectivity index (χ2v) is 6.26. The number of ether oxygens (including phenoxy) is 2. The SMILES string of the molecule is CCOC(=O)c1sc2ncnc(Nc3ccc(OCC)cc3)c2c1C. The number of nitrogens with one attached hydrogen (secondary N) is 1. The van der Waals surface area contributed by atoms with E-state index in [2.05, 4.69) is 15.3 Å². The third-order valence-electron chi connectivity index (χ3n) is 3.62. The van der Waals surface area contributed by atoms with E-state index in [0.29, 0.717) is 23.9 Å². The molecule has 6 nitrogen and oxygen atoms in total. The topological polar surface area (TPSA) is 73.3 Å². The number of carbonyl (C=O) groups is 1. The fraction of sp³-hybridized carbons (Fsp3) is 0.278. The highest BCUT2D eigenvalue weighted by molar-refractivity contribution is 7.20. The summed E-state index contributed by atoms with van der Waals surface area (Å²) in [4.78, 5) is 22.1. The molecule has 0 atom stereocenters. The number of esters is 1. The molecule has 25 heavy (non-hydrogen) atoms. The predicted octanol–water partition coefficient (Wildman–Crippen LogP) is 4.32. The first kappa shape index (κ1) is 17.2. The Labute approximate surface area is 149 Å². The monoisotopic (exact) mass is 357 g/mol. The van der Waals surface area contributed by atoms with Gasteiger partial charge in [-0.05, 0) is 50.6 Å². The van der Waals surface area contributed by atoms with Gasteiger partial charge in [0.1, 0.15) is 27.6 Å². The summed E-state index contributed by atoms with van der Waals surface area (Å²) in [6, 6.07) is 7.64. The van der Waals surface area contributed by atoms with Crippen molar-refractivity contribution in [3.63, 3.8) is 0 Å². The van der Waals surface area contributed by atoms with E-state index in [1.54, 1.807) is 6.92 Å². The van der Waals surface area contributed by atoms with Gasteiger partial charge in [-0.15, -0.1) is 11.3 Å². The molecule has 3 rings (SSSR count). The molecule has 0 aliphatic rings. The molecule has 0 amide bonds. The lowest BCUT2D eigenvalue weighted by Crippen LogP contribution is -2.03. The van der Waals surface area contributed by atoms with Gasteiger partial charge in [0.2, 0.25) is 0 Å². The maximum Gasteiger partial charge on any atom is 0.348 e. The van der Waals surface area contributed by atoms with Crippen molar-refractivity contribution in [1.29, 1.82) is 0 Å². The third-order valence-corrected chi connectivity index (χ3v) is 4.80. The van der Waals surface area contributed by atoms with Crippen molar-refractivity contribution < 1.29 is 14.3 Å². The molecule has 0 unspecified atom stereocenters. The van der Waals surface area contributed by atoms with E-state index in [1.807, 2.05) is 38.1 Å². The summed E-state index contributed by atoms with van der Waals surface area (Å²) >= 11 is 1.32. The second kappa shape index (κ2) is 7.48. The molecule has 0 aliphatic heterocycles. The zero-order valence-corrected chi connectivity index (χ0v) is 15.1. The van der Waals surface area contributed by atoms with Crippen LogP contribution in [0.1, 0.15) is 29.1 Å². The first-order valence-corrected chi connectivity index (χ1v) is 8.86. The third kappa shape index (κ3) is 3.56. The Morgan fingerprint density at radius 2 is 1.92 bits per heavy atom. The van der Waals surface area contributed by atoms with Crippen LogP contribution in [0.5, 0.6) is 5.75 Å². The van der Waals surface area contributed by atoms with Crippen molar-refractivity contribution in [1.82, 2.24) is 9.97 Å². The minimum Gasteiger partial charge on any atom is -0.494 e. The summed E-state index contributed by atoms with van der Waals surface area (Å²) in [6.45, 7) is 6.60. The lowest BCUT2D eigenvalue weighted by atomic mass is 10.2. The zero-order valence-electron chi connectivity index (χ0n) is 14.3. The van der Waals surface area contributed by atoms with Gasteiger partial charge < -0.3 is 14.8 Å². The molecule has 7 heteroatoms. The molecule has 2 aromatic heterocycles. The lowest BCUT2D eigenvalue weighted by Gasteiger charge is -2.08. The van der Waals surface area contributed by atoms with E-state index >= 15 is 0 Å². The molecule has 0 saturated carbocycles. The summed E-state index contributed by atoms with van der Waals surface area (Å²) in [7, 11) is 0. The molecule has 130 valence electrons. The highest BCUT2D eigenvalue weighted by Gasteiger charge is 2.20. The van der Waals surface area contributed by atoms with Gasteiger partial charge in [-0.25, -0.2) is 14.8 Å². The lowest BCUT2D eigenvalue weighted by molar-refractivity contribution is 0.0531. The molecule has 0 bridgehead atoms. The molecule has 0 aliphatic carbocycles. The maximum absolute atomic E-state index is 12.1. The average Bonchev–Trinajstić information content (AvgIpc) is 2.95. The van der Waals surface area contributed by atoms with Crippen LogP contribution >= 0.6 is 11.3 Å². The van der Waals surface area contributed by atoms with Crippen LogP contribution in [0.15, 0.2) is 30.6 Å². The minimum absolute atomic E-state index is 0.324. The molecular weight excluding hydrogens is 338 g/mol. The fourth-order valence-corrected chi connectivity index (χ4v) is 3.54. The van der Waals surface area contributed by atoms with Gasteiger partial charge in [-0.3, -0.25) is 0 Å². The number of aromatic nitrogens is 2. The Morgan fingerprint density at radius 1 is 1.16 bits per heavy atom. The largest absolute Gasteiger partial charge is 0.494 e. The van der Waals surface area contributed by atoms with Crippen LogP contribution < -0.4 is 10.1 Å². The first-order chi connectivity index (χ1) is 12.1. The number of nitrogens with zero attached hydrogens (tertiary/aromatic N) is 2. The molecule has 0 radical (unpaired) electrons. The van der Waals surface area contributed by atoms with Crippen molar-refractivity contribution in [3.8, 4) is 5.75 Å². The molecule has 1 aromatic carbocycles. The Kier molecular flexibility index (Phi) is 5.14. The fourth-order valence-electron chi connectivity index (χ4n) is 2.50. The zero-order chi connectivity index (χ0) is 17.8. The van der Waals surface area contributed by atoms with Gasteiger partial charge in [0.25, 0.3) is 0 Å². The van der Waals surface area contributed by atoms with Crippen molar-refractivity contribution >= 4 is 39.0 Å². The Balaban J connectivity index is 1.95. The van der Waals surface area contributed by atoms with E-state index in [-0.39, 0.29) is 5.97 Å². The van der Waals surface area contributed by atoms with Crippen molar-refractivity contribution in [2.45, 2.75) is 20.8 Å². The molecule has 3 aromatic rings. The predicted molar refractivity (Wildman–Crippen MR) is 99.0 cm³/mol. The first-order valence-electron chi connectivity index (χ1n) is 8.05. The normalized spacial score (nSPS) is 10.7. The van der Waals surface area contributed by atoms with Crippen molar-refractivity contribution in [2.75, 3.05) is 18.5 Å². The van der Waals surface area contributed by atoms with Crippen LogP contribution in [0.2, 0.25) is 0 Å². The Bertz CT molecular complexity index is 890. The standard InChI is InChI=1S/C18H19N3O3S/c1-4-23-13-8-6-12(7-9-13)21-16-14-11(3)15(18(22)24-5-2)25-17(14)20-10-19-16/h6-10H,4-5H2,1-3H3,(H,19,20,21). The summed E-state index contributed by atoms with van der Waals surface area (Å²) in [6.07, 6.45) is 1.49. The summed E-state index contributed by atoms with van der Waals surface area (Å²) in [5.74, 6) is 1.16. The van der Waals surface area contributed by atoms with Gasteiger partial charge in [-0.1, -0.05) is 0 Å². The van der Waals surface area contributed by atoms with Gasteiger partial charge in [-0.2, -0.15) is 0 Å². The maximum atomic E-state index is 12.1. The number of rotatable bonds is 6. The number of aryl methyl sites for hydroxylation is 1. The Hall–Kier alpha value is -2.67. The van der Waals surface area contributed by atoms with E-state index < -0.39 is 0 Å². The minimum atomic E-state index is -0.324. The van der Waals surface area contributed by atoms with E-state index in [9.17, 15) is 4.79 Å². The number of hydrogen-bond acceptors (Lipinski definition) is 7. The summed E-state index contributed by atoms with van der Waals surface area (Å²) in [5, 5.41) is 4.13. The van der Waals surface area contributed by atoms with Crippen LogP contribution in [-0.4, -0.2) is 29.2 Å². The number of carbonyl (C=O) groups excluding carboxylic acids is 1. The van der Waals surface area contributed by atoms with Crippen molar-refractivity contribution in [2.24, 2.45) is 0 Å². The van der Waals surface area contributed by atoms with Gasteiger partial charge >= 0.3 is 5.97 Å². The Morgan fingerprint density at radius 3 is 2.60 bits per heavy atom. The average molecular weight is 357 g/mol. The molecule has 2 heterocycles. The molecule has 0 saturated heterocycles. The van der Waals surface area contributed by atoms with Crippen LogP contribution in [0.3, 0.4) is 0 Å². The van der Waals surface area contributed by atoms with Crippen LogP contribution in [0.25, 0.3) is 10.2 Å². The quantitative estimate of drug-likeness (QED) is 0.662. The van der Waals surface area contributed by atoms with Crippen LogP contribution in [0.4, 0.5) is 11.5 Å². The van der Waals surface area contributed by atoms with Gasteiger partial charge in [0.15, 0.2) is 0 Å². The van der Waals surface area contributed by atoms with E-state index in [1.165, 1.54) is 17.7 Å². The highest BCUT2D eigenvalue weighted by atomic mass is 32.1. The number of hydrogen-bond donors (Lipinski definition) is 1. The van der Waals surface area contributed by atoms with E-state index in [4.69, 9.17) is 9.47 Å². The van der Waals surface area contributed by atoms with E-state index in [0.717, 1.165) is 27.2 Å². The number of benzene rings is 1.